The molecular formula is C25H33Cl3O4S. The average molecular weight is 536 g/mol. The van der Waals surface area contributed by atoms with E-state index >= 15 is 0 Å². The smallest absolute Gasteiger partial charge is 0.156 e. The van der Waals surface area contributed by atoms with Crippen LogP contribution in [0.1, 0.15) is 45.7 Å². The number of benzene rings is 2. The van der Waals surface area contributed by atoms with E-state index in [4.69, 9.17) is 44.3 Å². The molecule has 0 radical (unpaired) electrons. The van der Waals surface area contributed by atoms with Crippen molar-refractivity contribution in [1.29, 1.82) is 0 Å². The van der Waals surface area contributed by atoms with Crippen LogP contribution < -0.4 is 9.47 Å². The van der Waals surface area contributed by atoms with Gasteiger partial charge in [0.2, 0.25) is 0 Å². The number of halogens is 3. The fourth-order valence-corrected chi connectivity index (χ4v) is 5.19. The first-order chi connectivity index (χ1) is 15.4. The molecule has 0 aromatic heterocycles. The van der Waals surface area contributed by atoms with Crippen molar-refractivity contribution < 1.29 is 17.9 Å². The second kappa shape index (κ2) is 12.0. The summed E-state index contributed by atoms with van der Waals surface area (Å²) >= 11 is 18.9. The van der Waals surface area contributed by atoms with Gasteiger partial charge in [-0.05, 0) is 35.4 Å². The Morgan fingerprint density at radius 3 is 1.97 bits per heavy atom. The lowest BCUT2D eigenvalue weighted by Crippen LogP contribution is -2.21. The maximum atomic E-state index is 11.8. The van der Waals surface area contributed by atoms with E-state index in [0.717, 1.165) is 11.1 Å². The average Bonchev–Trinajstić information content (AvgIpc) is 2.76. The lowest BCUT2D eigenvalue weighted by molar-refractivity contribution is 0.271. The summed E-state index contributed by atoms with van der Waals surface area (Å²) in [6.45, 7) is 10.5. The fraction of sp³-hybridized carbons (Fsp3) is 0.520. The van der Waals surface area contributed by atoms with E-state index in [-0.39, 0.29) is 28.8 Å². The molecule has 0 fully saturated rings. The lowest BCUT2D eigenvalue weighted by atomic mass is 9.78. The molecule has 0 heterocycles. The molecule has 184 valence electrons. The highest BCUT2D eigenvalue weighted by atomic mass is 35.5. The number of sulfone groups is 1. The van der Waals surface area contributed by atoms with Crippen LogP contribution in [0.15, 0.2) is 36.4 Å². The van der Waals surface area contributed by atoms with Gasteiger partial charge in [0.05, 0.1) is 29.0 Å². The molecule has 0 unspecified atom stereocenters. The van der Waals surface area contributed by atoms with Crippen molar-refractivity contribution >= 4 is 44.6 Å². The van der Waals surface area contributed by atoms with Gasteiger partial charge in [-0.15, -0.1) is 11.6 Å². The number of rotatable bonds is 12. The van der Waals surface area contributed by atoms with Gasteiger partial charge in [0.15, 0.2) is 5.75 Å². The number of alkyl halides is 1. The van der Waals surface area contributed by atoms with Crippen molar-refractivity contribution in [2.45, 2.75) is 40.0 Å². The minimum absolute atomic E-state index is 0.0801. The molecule has 0 amide bonds. The van der Waals surface area contributed by atoms with Crippen LogP contribution in [0.5, 0.6) is 11.5 Å². The molecule has 8 heteroatoms. The second-order valence-electron chi connectivity index (χ2n) is 9.10. The van der Waals surface area contributed by atoms with Gasteiger partial charge in [-0.1, -0.05) is 70.0 Å². The van der Waals surface area contributed by atoms with Gasteiger partial charge in [-0.25, -0.2) is 8.42 Å². The predicted octanol–water partition coefficient (Wildman–Crippen LogP) is 7.02. The Hall–Kier alpha value is -1.14. The third-order valence-electron chi connectivity index (χ3n) is 5.58. The van der Waals surface area contributed by atoms with Crippen molar-refractivity contribution in [3.8, 4) is 11.5 Å². The number of hydrogen-bond acceptors (Lipinski definition) is 4. The Bertz CT molecular complexity index is 997. The van der Waals surface area contributed by atoms with Crippen molar-refractivity contribution in [3.63, 3.8) is 0 Å². The Kier molecular flexibility index (Phi) is 10.2. The largest absolute Gasteiger partial charge is 0.493 e. The first-order valence-electron chi connectivity index (χ1n) is 11.0. The number of hydrogen-bond donors (Lipinski definition) is 0. The SMILES string of the molecule is CCS(=O)(=O)C[C@@H](C)COc1ccc(C(C)(C)c2cc(Cl)c(OC[C@H](C)CCl)c(Cl)c2)cc1. The minimum atomic E-state index is -3.02. The standard InChI is InChI=1S/C25H33Cl3O4S/c1-6-33(29,30)16-18(3)15-31-21-9-7-19(8-10-21)25(4,5)20-11-22(27)24(23(28)12-20)32-14-17(2)13-26/h7-12,17-18H,6,13-16H2,1-5H3/t17-,18+/m1/s1. The second-order valence-corrected chi connectivity index (χ2v) is 12.6. The van der Waals surface area contributed by atoms with Crippen LogP contribution in [-0.4, -0.2) is 39.0 Å². The maximum Gasteiger partial charge on any atom is 0.156 e. The molecule has 0 aliphatic heterocycles. The summed E-state index contributed by atoms with van der Waals surface area (Å²) in [6.07, 6.45) is 0. The Morgan fingerprint density at radius 1 is 0.909 bits per heavy atom. The summed E-state index contributed by atoms with van der Waals surface area (Å²) in [4.78, 5) is 0. The summed E-state index contributed by atoms with van der Waals surface area (Å²) < 4.78 is 35.1. The molecule has 2 aromatic rings. The monoisotopic (exact) mass is 534 g/mol. The van der Waals surface area contributed by atoms with E-state index in [9.17, 15) is 8.42 Å². The molecule has 0 aliphatic rings. The predicted molar refractivity (Wildman–Crippen MR) is 139 cm³/mol. The van der Waals surface area contributed by atoms with Gasteiger partial charge in [0.25, 0.3) is 0 Å². The van der Waals surface area contributed by atoms with E-state index in [2.05, 4.69) is 13.8 Å². The molecule has 0 spiro atoms. The lowest BCUT2D eigenvalue weighted by Gasteiger charge is -2.27. The Labute approximate surface area is 213 Å². The first-order valence-corrected chi connectivity index (χ1v) is 14.1. The Morgan fingerprint density at radius 2 is 1.45 bits per heavy atom. The van der Waals surface area contributed by atoms with E-state index in [1.54, 1.807) is 6.92 Å². The third kappa shape index (κ3) is 7.95. The van der Waals surface area contributed by atoms with E-state index in [1.165, 1.54) is 0 Å². The van der Waals surface area contributed by atoms with Crippen LogP contribution in [0, 0.1) is 11.8 Å². The van der Waals surface area contributed by atoms with Crippen LogP contribution in [-0.2, 0) is 15.3 Å². The Balaban J connectivity index is 2.12. The maximum absolute atomic E-state index is 11.8. The molecule has 0 saturated heterocycles. The highest BCUT2D eigenvalue weighted by Gasteiger charge is 2.26. The highest BCUT2D eigenvalue weighted by Crippen LogP contribution is 2.40. The molecule has 0 saturated carbocycles. The van der Waals surface area contributed by atoms with E-state index < -0.39 is 9.84 Å². The molecule has 0 N–H and O–H groups in total. The molecule has 0 bridgehead atoms. The summed E-state index contributed by atoms with van der Waals surface area (Å²) in [5, 5.41) is 0.923. The zero-order valence-corrected chi connectivity index (χ0v) is 22.9. The summed E-state index contributed by atoms with van der Waals surface area (Å²) in [7, 11) is -3.02. The zero-order valence-electron chi connectivity index (χ0n) is 19.8. The van der Waals surface area contributed by atoms with Crippen LogP contribution in [0.3, 0.4) is 0 Å². The van der Waals surface area contributed by atoms with Crippen LogP contribution in [0.25, 0.3) is 0 Å². The molecule has 33 heavy (non-hydrogen) atoms. The molecule has 0 aliphatic carbocycles. The molecule has 4 nitrogen and oxygen atoms in total. The molecule has 2 rings (SSSR count). The van der Waals surface area contributed by atoms with Crippen molar-refractivity contribution in [3.05, 3.63) is 57.6 Å². The topological polar surface area (TPSA) is 52.6 Å². The van der Waals surface area contributed by atoms with Gasteiger partial charge in [0.1, 0.15) is 15.6 Å². The van der Waals surface area contributed by atoms with Crippen LogP contribution >= 0.6 is 34.8 Å². The minimum Gasteiger partial charge on any atom is -0.493 e. The van der Waals surface area contributed by atoms with E-state index in [0.29, 0.717) is 40.6 Å². The zero-order chi connectivity index (χ0) is 24.8. The van der Waals surface area contributed by atoms with Gasteiger partial charge < -0.3 is 9.47 Å². The van der Waals surface area contributed by atoms with Gasteiger partial charge in [-0.2, -0.15) is 0 Å². The number of ether oxygens (including phenoxy) is 2. The summed E-state index contributed by atoms with van der Waals surface area (Å²) in [6, 6.07) is 11.6. The van der Waals surface area contributed by atoms with Gasteiger partial charge in [-0.3, -0.25) is 0 Å². The summed E-state index contributed by atoms with van der Waals surface area (Å²) in [5.74, 6) is 2.05. The van der Waals surface area contributed by atoms with Crippen molar-refractivity contribution in [1.82, 2.24) is 0 Å². The van der Waals surface area contributed by atoms with E-state index in [1.807, 2.05) is 50.2 Å². The van der Waals surface area contributed by atoms with Gasteiger partial charge in [0, 0.05) is 28.9 Å². The van der Waals surface area contributed by atoms with Crippen molar-refractivity contribution in [2.75, 3.05) is 30.6 Å². The fourth-order valence-electron chi connectivity index (χ4n) is 3.30. The normalized spacial score (nSPS) is 14.1. The van der Waals surface area contributed by atoms with Crippen LogP contribution in [0.2, 0.25) is 10.0 Å². The van der Waals surface area contributed by atoms with Gasteiger partial charge >= 0.3 is 0 Å². The molecule has 2 aromatic carbocycles. The summed E-state index contributed by atoms with van der Waals surface area (Å²) in [5.41, 5.74) is 1.66. The quantitative estimate of drug-likeness (QED) is 0.274. The van der Waals surface area contributed by atoms with Crippen molar-refractivity contribution in [2.24, 2.45) is 11.8 Å². The molecular weight excluding hydrogens is 503 g/mol. The van der Waals surface area contributed by atoms with Crippen LogP contribution in [0.4, 0.5) is 0 Å². The highest BCUT2D eigenvalue weighted by molar-refractivity contribution is 7.91. The third-order valence-corrected chi connectivity index (χ3v) is 8.63. The first kappa shape index (κ1) is 28.1. The molecule has 2 atom stereocenters.